The van der Waals surface area contributed by atoms with Crippen molar-refractivity contribution in [2.45, 2.75) is 38.8 Å². The number of allylic oxidation sites excluding steroid dienone is 1. The van der Waals surface area contributed by atoms with Crippen LogP contribution in [0.1, 0.15) is 27.2 Å². The van der Waals surface area contributed by atoms with Crippen LogP contribution in [0.3, 0.4) is 0 Å². The molecule has 0 aliphatic heterocycles. The van der Waals surface area contributed by atoms with Gasteiger partial charge in [0.1, 0.15) is 5.60 Å². The minimum atomic E-state index is -0.475. The largest absolute Gasteiger partial charge is 0.626 e. The molecule has 1 atom stereocenters. The second-order valence-electron chi connectivity index (χ2n) is 4.03. The van der Waals surface area contributed by atoms with Crippen LogP contribution in [-0.4, -0.2) is 17.7 Å². The van der Waals surface area contributed by atoms with Gasteiger partial charge in [0.25, 0.3) is 0 Å². The van der Waals surface area contributed by atoms with Gasteiger partial charge in [-0.3, -0.25) is 4.79 Å². The fraction of sp³-hybridized carbons (Fsp3) is 0.600. The normalized spacial score (nSPS) is 19.5. The molecular formula is C10H15NO2Y-2. The molecule has 0 fully saturated rings. The van der Waals surface area contributed by atoms with Gasteiger partial charge in [0.15, 0.2) is 0 Å². The predicted molar refractivity (Wildman–Crippen MR) is 51.4 cm³/mol. The number of hydrogen-bond acceptors (Lipinski definition) is 2. The van der Waals surface area contributed by atoms with E-state index in [1.807, 2.05) is 39.3 Å². The van der Waals surface area contributed by atoms with Gasteiger partial charge in [0.2, 0.25) is 6.09 Å². The summed E-state index contributed by atoms with van der Waals surface area (Å²) < 4.78 is 5.05. The van der Waals surface area contributed by atoms with Crippen LogP contribution in [0.2, 0.25) is 0 Å². The molecule has 14 heavy (non-hydrogen) atoms. The molecule has 1 aliphatic rings. The van der Waals surface area contributed by atoms with E-state index in [4.69, 9.17) is 4.74 Å². The second kappa shape index (κ2) is 5.77. The van der Waals surface area contributed by atoms with Crippen LogP contribution >= 0.6 is 0 Å². The van der Waals surface area contributed by atoms with Gasteiger partial charge in [-0.25, -0.2) is 18.6 Å². The molecule has 1 radical (unpaired) electrons. The number of carbonyl (C=O) groups excluding carboxylic acids is 1. The SMILES string of the molecule is CC(C)(C)OC(=O)[N-]C1C=C[CH-]C1.[Y]. The topological polar surface area (TPSA) is 40.4 Å². The number of ether oxygens (including phenoxy) is 1. The molecule has 0 saturated carbocycles. The average molecular weight is 270 g/mol. The van der Waals surface area contributed by atoms with Gasteiger partial charge >= 0.3 is 0 Å². The maximum absolute atomic E-state index is 11.2. The smallest absolute Gasteiger partial charge is 0.229 e. The summed E-state index contributed by atoms with van der Waals surface area (Å²) in [4.78, 5) is 11.2. The molecule has 0 saturated heterocycles. The Morgan fingerprint density at radius 1 is 1.57 bits per heavy atom. The van der Waals surface area contributed by atoms with E-state index in [1.54, 1.807) is 0 Å². The molecule has 1 amide bonds. The van der Waals surface area contributed by atoms with Crippen molar-refractivity contribution in [3.63, 3.8) is 0 Å². The zero-order valence-electron chi connectivity index (χ0n) is 8.86. The minimum Gasteiger partial charge on any atom is -0.626 e. The van der Waals surface area contributed by atoms with E-state index in [9.17, 15) is 4.79 Å². The standard InChI is InChI=1S/C10H16NO2.Y/c1-10(2,3)13-9(12)11-8-6-4-5-7-8;/h4-6,8H,7H2,1-3H3,(H,11,12);/q-1;/p-1. The van der Waals surface area contributed by atoms with E-state index < -0.39 is 11.7 Å². The van der Waals surface area contributed by atoms with Crippen molar-refractivity contribution in [2.75, 3.05) is 0 Å². The Hall–Kier alpha value is -0.0161. The van der Waals surface area contributed by atoms with Gasteiger partial charge in [0.05, 0.1) is 0 Å². The molecule has 0 aromatic carbocycles. The molecular weight excluding hydrogens is 255 g/mol. The van der Waals surface area contributed by atoms with Crippen LogP contribution in [0, 0.1) is 6.42 Å². The van der Waals surface area contributed by atoms with Crippen molar-refractivity contribution in [1.29, 1.82) is 0 Å². The summed E-state index contributed by atoms with van der Waals surface area (Å²) in [5, 5.41) is 3.88. The second-order valence-corrected chi connectivity index (χ2v) is 4.03. The Balaban J connectivity index is 0.00000169. The van der Waals surface area contributed by atoms with Crippen molar-refractivity contribution in [3.05, 3.63) is 23.9 Å². The van der Waals surface area contributed by atoms with E-state index in [2.05, 4.69) is 5.32 Å². The Kier molecular flexibility index (Phi) is 5.76. The minimum absolute atomic E-state index is 0. The molecule has 1 unspecified atom stereocenters. The Morgan fingerprint density at radius 2 is 2.21 bits per heavy atom. The summed E-state index contributed by atoms with van der Waals surface area (Å²) >= 11 is 0. The Labute approximate surface area is 111 Å². The van der Waals surface area contributed by atoms with Crippen LogP contribution in [0.15, 0.2) is 12.2 Å². The first-order valence-corrected chi connectivity index (χ1v) is 4.41. The molecule has 0 heterocycles. The molecule has 0 spiro atoms. The molecule has 0 aromatic rings. The molecule has 1 aliphatic carbocycles. The first kappa shape index (κ1) is 14.0. The summed E-state index contributed by atoms with van der Waals surface area (Å²) in [5.41, 5.74) is -0.452. The van der Waals surface area contributed by atoms with E-state index in [-0.39, 0.29) is 38.8 Å². The van der Waals surface area contributed by atoms with Crippen molar-refractivity contribution in [1.82, 2.24) is 0 Å². The molecule has 1 rings (SSSR count). The predicted octanol–water partition coefficient (Wildman–Crippen LogP) is 2.83. The third-order valence-corrected chi connectivity index (χ3v) is 1.51. The average Bonchev–Trinajstić information content (AvgIpc) is 2.34. The maximum atomic E-state index is 11.2. The number of nitrogens with zero attached hydrogens (tertiary/aromatic N) is 1. The van der Waals surface area contributed by atoms with Crippen molar-refractivity contribution in [3.8, 4) is 0 Å². The van der Waals surface area contributed by atoms with Gasteiger partial charge in [0, 0.05) is 32.7 Å². The molecule has 4 heteroatoms. The third-order valence-electron chi connectivity index (χ3n) is 1.51. The van der Waals surface area contributed by atoms with Gasteiger partial charge in [-0.2, -0.15) is 6.04 Å². The number of rotatable bonds is 1. The van der Waals surface area contributed by atoms with Crippen LogP contribution in [0.4, 0.5) is 4.79 Å². The van der Waals surface area contributed by atoms with Crippen molar-refractivity contribution >= 4 is 6.09 Å². The van der Waals surface area contributed by atoms with Crippen LogP contribution in [0.25, 0.3) is 5.32 Å². The fourth-order valence-electron chi connectivity index (χ4n) is 1.02. The molecule has 0 N–H and O–H groups in total. The van der Waals surface area contributed by atoms with Gasteiger partial charge in [-0.05, 0) is 20.8 Å². The van der Waals surface area contributed by atoms with Crippen LogP contribution in [-0.2, 0) is 37.4 Å². The van der Waals surface area contributed by atoms with E-state index in [0.717, 1.165) is 6.42 Å². The summed E-state index contributed by atoms with van der Waals surface area (Å²) in [6.45, 7) is 5.49. The Bertz CT molecular complexity index is 221. The summed E-state index contributed by atoms with van der Waals surface area (Å²) in [7, 11) is 0. The van der Waals surface area contributed by atoms with Gasteiger partial charge in [-0.15, -0.1) is 6.42 Å². The summed E-state index contributed by atoms with van der Waals surface area (Å²) in [6.07, 6.45) is 6.12. The van der Waals surface area contributed by atoms with Crippen molar-refractivity contribution in [2.24, 2.45) is 0 Å². The molecule has 77 valence electrons. The number of amides is 1. The van der Waals surface area contributed by atoms with Crippen LogP contribution < -0.4 is 0 Å². The zero-order valence-corrected chi connectivity index (χ0v) is 11.7. The Morgan fingerprint density at radius 3 is 2.64 bits per heavy atom. The van der Waals surface area contributed by atoms with E-state index in [0.29, 0.717) is 0 Å². The fourth-order valence-corrected chi connectivity index (χ4v) is 1.02. The third kappa shape index (κ3) is 5.66. The number of hydrogen-bond donors (Lipinski definition) is 0. The summed E-state index contributed by atoms with van der Waals surface area (Å²) in [5.74, 6) is 0. The summed E-state index contributed by atoms with van der Waals surface area (Å²) in [6, 6.07) is -0.0187. The first-order valence-electron chi connectivity index (χ1n) is 4.41. The monoisotopic (exact) mass is 270 g/mol. The van der Waals surface area contributed by atoms with Gasteiger partial charge < -0.3 is 10.1 Å². The van der Waals surface area contributed by atoms with Crippen molar-refractivity contribution < 1.29 is 42.2 Å². The van der Waals surface area contributed by atoms with E-state index in [1.165, 1.54) is 0 Å². The maximum Gasteiger partial charge on any atom is 0.229 e. The van der Waals surface area contributed by atoms with Gasteiger partial charge in [-0.1, -0.05) is 0 Å². The number of carbonyl (C=O) groups is 1. The zero-order chi connectivity index (χ0) is 9.90. The van der Waals surface area contributed by atoms with Crippen LogP contribution in [0.5, 0.6) is 0 Å². The molecule has 0 aromatic heterocycles. The quantitative estimate of drug-likeness (QED) is 0.687. The molecule has 0 bridgehead atoms. The van der Waals surface area contributed by atoms with E-state index >= 15 is 0 Å². The molecule has 3 nitrogen and oxygen atoms in total. The first-order chi connectivity index (χ1) is 5.97.